The second kappa shape index (κ2) is 4.66. The Kier molecular flexibility index (Phi) is 3.39. The zero-order chi connectivity index (χ0) is 12.5. The largest absolute Gasteiger partial charge is 0.382 e. The van der Waals surface area contributed by atoms with Crippen LogP contribution in [0.15, 0.2) is 6.33 Å². The standard InChI is InChI=1S/C9H13ClN4O2S/c10-7-8(11)13-5-14-9(7)12-3-6-1-2-17(15,16)4-6/h5-6H,1-4H2,(H3,11,12,13,14). The fraction of sp³-hybridized carbons (Fsp3) is 0.556. The van der Waals surface area contributed by atoms with Gasteiger partial charge in [-0.3, -0.25) is 0 Å². The number of aromatic nitrogens is 2. The molecule has 3 N–H and O–H groups in total. The van der Waals surface area contributed by atoms with E-state index in [4.69, 9.17) is 17.3 Å². The van der Waals surface area contributed by atoms with E-state index in [0.717, 1.165) is 0 Å². The van der Waals surface area contributed by atoms with Gasteiger partial charge in [0.1, 0.15) is 23.0 Å². The van der Waals surface area contributed by atoms with Crippen LogP contribution in [-0.2, 0) is 9.84 Å². The van der Waals surface area contributed by atoms with Gasteiger partial charge in [0.15, 0.2) is 9.84 Å². The summed E-state index contributed by atoms with van der Waals surface area (Å²) in [7, 11) is -2.85. The SMILES string of the molecule is Nc1ncnc(NCC2CCS(=O)(=O)C2)c1Cl. The predicted molar refractivity (Wildman–Crippen MR) is 66.7 cm³/mol. The molecule has 1 aliphatic rings. The van der Waals surface area contributed by atoms with Crippen LogP contribution < -0.4 is 11.1 Å². The summed E-state index contributed by atoms with van der Waals surface area (Å²) in [6.07, 6.45) is 1.99. The van der Waals surface area contributed by atoms with E-state index in [-0.39, 0.29) is 28.3 Å². The summed E-state index contributed by atoms with van der Waals surface area (Å²) in [6, 6.07) is 0. The van der Waals surface area contributed by atoms with Gasteiger partial charge in [-0.15, -0.1) is 0 Å². The van der Waals surface area contributed by atoms with Gasteiger partial charge in [0.05, 0.1) is 11.5 Å². The summed E-state index contributed by atoms with van der Waals surface area (Å²) in [4.78, 5) is 7.69. The molecule has 0 amide bonds. The number of sulfone groups is 1. The summed E-state index contributed by atoms with van der Waals surface area (Å²) in [6.45, 7) is 0.523. The van der Waals surface area contributed by atoms with E-state index in [1.807, 2.05) is 0 Å². The van der Waals surface area contributed by atoms with Crippen molar-refractivity contribution in [2.45, 2.75) is 6.42 Å². The van der Waals surface area contributed by atoms with Crippen LogP contribution >= 0.6 is 11.6 Å². The van der Waals surface area contributed by atoms with E-state index in [1.54, 1.807) is 0 Å². The second-order valence-electron chi connectivity index (χ2n) is 4.07. The first-order valence-electron chi connectivity index (χ1n) is 5.18. The lowest BCUT2D eigenvalue weighted by atomic mass is 10.1. The molecule has 1 atom stereocenters. The molecule has 0 aromatic carbocycles. The van der Waals surface area contributed by atoms with Gasteiger partial charge < -0.3 is 11.1 Å². The minimum atomic E-state index is -2.85. The zero-order valence-electron chi connectivity index (χ0n) is 9.06. The van der Waals surface area contributed by atoms with Crippen molar-refractivity contribution < 1.29 is 8.42 Å². The number of rotatable bonds is 3. The average Bonchev–Trinajstić information content (AvgIpc) is 2.61. The highest BCUT2D eigenvalue weighted by Gasteiger charge is 2.27. The average molecular weight is 277 g/mol. The van der Waals surface area contributed by atoms with E-state index in [2.05, 4.69) is 15.3 Å². The summed E-state index contributed by atoms with van der Waals surface area (Å²) in [5, 5.41) is 3.28. The molecule has 94 valence electrons. The van der Waals surface area contributed by atoms with Crippen LogP contribution in [0.4, 0.5) is 11.6 Å². The minimum Gasteiger partial charge on any atom is -0.382 e. The molecule has 0 spiro atoms. The van der Waals surface area contributed by atoms with Gasteiger partial charge in [-0.05, 0) is 12.3 Å². The quantitative estimate of drug-likeness (QED) is 0.837. The van der Waals surface area contributed by atoms with Crippen molar-refractivity contribution in [3.05, 3.63) is 11.3 Å². The Hall–Kier alpha value is -1.08. The molecule has 2 rings (SSSR count). The fourth-order valence-corrected chi connectivity index (χ4v) is 3.81. The number of anilines is 2. The predicted octanol–water partition coefficient (Wildman–Crippen LogP) is 0.559. The normalized spacial score (nSPS) is 22.5. The van der Waals surface area contributed by atoms with Gasteiger partial charge in [-0.2, -0.15) is 0 Å². The Bertz CT molecular complexity index is 520. The molecule has 6 nitrogen and oxygen atoms in total. The van der Waals surface area contributed by atoms with Crippen LogP contribution in [0.5, 0.6) is 0 Å². The summed E-state index contributed by atoms with van der Waals surface area (Å²) in [5.41, 5.74) is 5.53. The molecule has 1 aromatic heterocycles. The maximum Gasteiger partial charge on any atom is 0.150 e. The third-order valence-electron chi connectivity index (χ3n) is 2.70. The monoisotopic (exact) mass is 276 g/mol. The molecular formula is C9H13ClN4O2S. The Morgan fingerprint density at radius 3 is 2.94 bits per heavy atom. The molecule has 0 radical (unpaired) electrons. The molecule has 0 aliphatic carbocycles. The molecule has 1 saturated heterocycles. The maximum atomic E-state index is 11.3. The lowest BCUT2D eigenvalue weighted by Crippen LogP contribution is -2.16. The number of halogens is 1. The van der Waals surface area contributed by atoms with Crippen molar-refractivity contribution in [3.8, 4) is 0 Å². The van der Waals surface area contributed by atoms with E-state index in [9.17, 15) is 8.42 Å². The van der Waals surface area contributed by atoms with Crippen LogP contribution in [0, 0.1) is 5.92 Å². The number of nitrogen functional groups attached to an aromatic ring is 1. The highest BCUT2D eigenvalue weighted by molar-refractivity contribution is 7.91. The van der Waals surface area contributed by atoms with E-state index >= 15 is 0 Å². The van der Waals surface area contributed by atoms with E-state index < -0.39 is 9.84 Å². The Labute approximate surface area is 105 Å². The van der Waals surface area contributed by atoms with Crippen molar-refractivity contribution in [2.24, 2.45) is 5.92 Å². The molecule has 8 heteroatoms. The van der Waals surface area contributed by atoms with Gasteiger partial charge in [0, 0.05) is 6.54 Å². The van der Waals surface area contributed by atoms with Gasteiger partial charge in [0.2, 0.25) is 0 Å². The molecule has 0 saturated carbocycles. The molecular weight excluding hydrogens is 264 g/mol. The summed E-state index contributed by atoms with van der Waals surface area (Å²) in [5.74, 6) is 1.25. The van der Waals surface area contributed by atoms with Crippen LogP contribution in [0.3, 0.4) is 0 Å². The van der Waals surface area contributed by atoms with Crippen LogP contribution in [0.25, 0.3) is 0 Å². The first-order chi connectivity index (χ1) is 7.98. The third kappa shape index (κ3) is 2.98. The fourth-order valence-electron chi connectivity index (χ4n) is 1.78. The van der Waals surface area contributed by atoms with Crippen molar-refractivity contribution in [1.29, 1.82) is 0 Å². The van der Waals surface area contributed by atoms with Crippen LogP contribution in [-0.4, -0.2) is 36.4 Å². The smallest absolute Gasteiger partial charge is 0.150 e. The molecule has 1 aliphatic heterocycles. The topological polar surface area (TPSA) is 98.0 Å². The summed E-state index contributed by atoms with van der Waals surface area (Å²) < 4.78 is 22.5. The highest BCUT2D eigenvalue weighted by Crippen LogP contribution is 2.24. The molecule has 1 fully saturated rings. The minimum absolute atomic E-state index is 0.104. The van der Waals surface area contributed by atoms with Crippen molar-refractivity contribution in [1.82, 2.24) is 9.97 Å². The number of hydrogen-bond acceptors (Lipinski definition) is 6. The summed E-state index contributed by atoms with van der Waals surface area (Å²) >= 11 is 5.90. The molecule has 1 aromatic rings. The first-order valence-corrected chi connectivity index (χ1v) is 7.38. The molecule has 17 heavy (non-hydrogen) atoms. The van der Waals surface area contributed by atoms with Crippen LogP contribution in [0.1, 0.15) is 6.42 Å². The number of hydrogen-bond donors (Lipinski definition) is 2. The molecule has 2 heterocycles. The zero-order valence-corrected chi connectivity index (χ0v) is 10.6. The number of nitrogens with one attached hydrogen (secondary N) is 1. The van der Waals surface area contributed by atoms with E-state index in [1.165, 1.54) is 6.33 Å². The van der Waals surface area contributed by atoms with Crippen LogP contribution in [0.2, 0.25) is 5.02 Å². The lowest BCUT2D eigenvalue weighted by molar-refractivity contribution is 0.595. The van der Waals surface area contributed by atoms with Gasteiger partial charge in [0.25, 0.3) is 0 Å². The Balaban J connectivity index is 1.97. The Morgan fingerprint density at radius 2 is 2.29 bits per heavy atom. The molecule has 0 bridgehead atoms. The maximum absolute atomic E-state index is 11.3. The highest BCUT2D eigenvalue weighted by atomic mass is 35.5. The van der Waals surface area contributed by atoms with Gasteiger partial charge in [-0.1, -0.05) is 11.6 Å². The van der Waals surface area contributed by atoms with Crippen molar-refractivity contribution >= 4 is 33.1 Å². The number of nitrogens with two attached hydrogens (primary N) is 1. The third-order valence-corrected chi connectivity index (χ3v) is 4.91. The van der Waals surface area contributed by atoms with Gasteiger partial charge in [-0.25, -0.2) is 18.4 Å². The lowest BCUT2D eigenvalue weighted by Gasteiger charge is -2.11. The number of nitrogens with zero attached hydrogens (tertiary/aromatic N) is 2. The van der Waals surface area contributed by atoms with Crippen molar-refractivity contribution in [2.75, 3.05) is 29.1 Å². The van der Waals surface area contributed by atoms with E-state index in [0.29, 0.717) is 18.8 Å². The molecule has 1 unspecified atom stereocenters. The Morgan fingerprint density at radius 1 is 1.53 bits per heavy atom. The first kappa shape index (κ1) is 12.4. The second-order valence-corrected chi connectivity index (χ2v) is 6.68. The van der Waals surface area contributed by atoms with Gasteiger partial charge >= 0.3 is 0 Å². The van der Waals surface area contributed by atoms with Crippen molar-refractivity contribution in [3.63, 3.8) is 0 Å².